The molecule has 120 valence electrons. The van der Waals surface area contributed by atoms with E-state index in [2.05, 4.69) is 9.88 Å². The fourth-order valence-corrected chi connectivity index (χ4v) is 3.85. The Morgan fingerprint density at radius 3 is 3.05 bits per heavy atom. The van der Waals surface area contributed by atoms with Crippen molar-refractivity contribution in [3.63, 3.8) is 0 Å². The Morgan fingerprint density at radius 2 is 2.27 bits per heavy atom. The Morgan fingerprint density at radius 1 is 1.41 bits per heavy atom. The minimum absolute atomic E-state index is 0.269. The molecule has 0 N–H and O–H groups in total. The minimum atomic E-state index is -0.271. The maximum absolute atomic E-state index is 12.9. The monoisotopic (exact) mass is 323 g/mol. The van der Waals surface area contributed by atoms with E-state index in [1.54, 1.807) is 13.3 Å². The summed E-state index contributed by atoms with van der Waals surface area (Å²) in [7, 11) is 1.67. The van der Waals surface area contributed by atoms with Gasteiger partial charge in [0.15, 0.2) is 0 Å². The Kier molecular flexibility index (Phi) is 4.54. The second kappa shape index (κ2) is 6.42. The van der Waals surface area contributed by atoms with Crippen molar-refractivity contribution in [3.8, 4) is 0 Å². The van der Waals surface area contributed by atoms with Crippen LogP contribution < -0.4 is 4.90 Å². The van der Waals surface area contributed by atoms with E-state index in [-0.39, 0.29) is 11.3 Å². The molecule has 1 aromatic rings. The number of carbonyl (C=O) groups excluding carboxylic acids is 1. The second-order valence-corrected chi connectivity index (χ2v) is 6.56. The molecular weight excluding hydrogens is 302 g/mol. The zero-order valence-electron chi connectivity index (χ0n) is 12.9. The summed E-state index contributed by atoms with van der Waals surface area (Å²) in [4.78, 5) is 21.4. The summed E-state index contributed by atoms with van der Waals surface area (Å²) in [6.07, 6.45) is 4.64. The van der Waals surface area contributed by atoms with Crippen LogP contribution in [-0.2, 0) is 9.53 Å². The van der Waals surface area contributed by atoms with Crippen LogP contribution in [0.2, 0.25) is 5.02 Å². The predicted molar refractivity (Wildman–Crippen MR) is 86.2 cm³/mol. The molecule has 0 aromatic carbocycles. The normalized spacial score (nSPS) is 25.3. The predicted octanol–water partition coefficient (Wildman–Crippen LogP) is 2.20. The molecule has 2 fully saturated rings. The maximum atomic E-state index is 12.9. The van der Waals surface area contributed by atoms with Gasteiger partial charge in [0.25, 0.3) is 0 Å². The molecule has 1 amide bonds. The largest absolute Gasteiger partial charge is 0.383 e. The Balaban J connectivity index is 1.75. The van der Waals surface area contributed by atoms with Gasteiger partial charge < -0.3 is 14.5 Å². The molecule has 1 atom stereocenters. The van der Waals surface area contributed by atoms with Gasteiger partial charge in [-0.25, -0.2) is 4.98 Å². The molecule has 2 aliphatic heterocycles. The van der Waals surface area contributed by atoms with Gasteiger partial charge in [-0.3, -0.25) is 4.79 Å². The first-order valence-electron chi connectivity index (χ1n) is 7.80. The van der Waals surface area contributed by atoms with E-state index in [1.165, 1.54) is 0 Å². The second-order valence-electron chi connectivity index (χ2n) is 6.15. The summed E-state index contributed by atoms with van der Waals surface area (Å²) in [5.74, 6) is 1.06. The van der Waals surface area contributed by atoms with Crippen molar-refractivity contribution in [3.05, 3.63) is 23.4 Å². The molecule has 1 spiro atoms. The third kappa shape index (κ3) is 2.79. The molecule has 22 heavy (non-hydrogen) atoms. The van der Waals surface area contributed by atoms with Crippen molar-refractivity contribution >= 4 is 23.3 Å². The molecule has 6 heteroatoms. The average Bonchev–Trinajstić information content (AvgIpc) is 2.94. The number of halogens is 1. The molecule has 0 aliphatic carbocycles. The van der Waals surface area contributed by atoms with E-state index in [1.807, 2.05) is 17.0 Å². The SMILES string of the molecule is COCCN1CCCC2(CCN(c3ncccc3Cl)C2)C1=O. The highest BCUT2D eigenvalue weighted by atomic mass is 35.5. The molecule has 5 nitrogen and oxygen atoms in total. The van der Waals surface area contributed by atoms with Crippen LogP contribution in [0.25, 0.3) is 0 Å². The van der Waals surface area contributed by atoms with Gasteiger partial charge in [0, 0.05) is 39.5 Å². The highest BCUT2D eigenvalue weighted by Crippen LogP contribution is 2.42. The van der Waals surface area contributed by atoms with Crippen molar-refractivity contribution in [1.29, 1.82) is 0 Å². The van der Waals surface area contributed by atoms with E-state index < -0.39 is 0 Å². The van der Waals surface area contributed by atoms with Crippen molar-refractivity contribution in [2.75, 3.05) is 44.8 Å². The van der Waals surface area contributed by atoms with Crippen LogP contribution in [-0.4, -0.2) is 55.7 Å². The Hall–Kier alpha value is -1.33. The number of nitrogens with zero attached hydrogens (tertiary/aromatic N) is 3. The number of likely N-dealkylation sites (tertiary alicyclic amines) is 1. The quantitative estimate of drug-likeness (QED) is 0.852. The van der Waals surface area contributed by atoms with Crippen LogP contribution >= 0.6 is 11.6 Å². The summed E-state index contributed by atoms with van der Waals surface area (Å²) in [6.45, 7) is 3.67. The number of hydrogen-bond acceptors (Lipinski definition) is 4. The number of amides is 1. The molecule has 2 aliphatic rings. The molecule has 0 bridgehead atoms. The Labute approximate surface area is 136 Å². The third-order valence-electron chi connectivity index (χ3n) is 4.78. The Bertz CT molecular complexity index is 554. The fourth-order valence-electron chi connectivity index (χ4n) is 3.61. The number of ether oxygens (including phenoxy) is 1. The van der Waals surface area contributed by atoms with Crippen molar-refractivity contribution < 1.29 is 9.53 Å². The fraction of sp³-hybridized carbons (Fsp3) is 0.625. The molecule has 0 radical (unpaired) electrons. The van der Waals surface area contributed by atoms with Gasteiger partial charge in [-0.2, -0.15) is 0 Å². The van der Waals surface area contributed by atoms with Crippen LogP contribution in [0.1, 0.15) is 19.3 Å². The molecule has 1 unspecified atom stereocenters. The smallest absolute Gasteiger partial charge is 0.230 e. The first kappa shape index (κ1) is 15.6. The van der Waals surface area contributed by atoms with Gasteiger partial charge >= 0.3 is 0 Å². The molecule has 1 aromatic heterocycles. The molecule has 3 rings (SSSR count). The van der Waals surface area contributed by atoms with Gasteiger partial charge in [-0.05, 0) is 31.4 Å². The summed E-state index contributed by atoms with van der Waals surface area (Å²) in [5, 5.41) is 0.652. The van der Waals surface area contributed by atoms with Crippen molar-refractivity contribution in [2.45, 2.75) is 19.3 Å². The van der Waals surface area contributed by atoms with E-state index >= 15 is 0 Å². The minimum Gasteiger partial charge on any atom is -0.383 e. The number of pyridine rings is 1. The lowest BCUT2D eigenvalue weighted by Crippen LogP contribution is -2.51. The topological polar surface area (TPSA) is 45.7 Å². The number of anilines is 1. The third-order valence-corrected chi connectivity index (χ3v) is 5.08. The first-order chi connectivity index (χ1) is 10.7. The van der Waals surface area contributed by atoms with E-state index in [4.69, 9.17) is 16.3 Å². The highest BCUT2D eigenvalue weighted by molar-refractivity contribution is 6.32. The lowest BCUT2D eigenvalue weighted by atomic mass is 9.78. The van der Waals surface area contributed by atoms with Crippen LogP contribution in [0.4, 0.5) is 5.82 Å². The van der Waals surface area contributed by atoms with Crippen molar-refractivity contribution in [1.82, 2.24) is 9.88 Å². The zero-order valence-corrected chi connectivity index (χ0v) is 13.7. The maximum Gasteiger partial charge on any atom is 0.230 e. The van der Waals surface area contributed by atoms with E-state index in [9.17, 15) is 4.79 Å². The van der Waals surface area contributed by atoms with Crippen LogP contribution in [0.5, 0.6) is 0 Å². The number of carbonyl (C=O) groups is 1. The van der Waals surface area contributed by atoms with Crippen LogP contribution in [0, 0.1) is 5.41 Å². The summed E-state index contributed by atoms with van der Waals surface area (Å²) < 4.78 is 5.12. The van der Waals surface area contributed by atoms with Gasteiger partial charge in [0.05, 0.1) is 17.0 Å². The zero-order chi connectivity index (χ0) is 15.6. The lowest BCUT2D eigenvalue weighted by Gasteiger charge is -2.39. The molecular formula is C16H22ClN3O2. The van der Waals surface area contributed by atoms with Gasteiger partial charge in [-0.15, -0.1) is 0 Å². The standard InChI is InChI=1S/C16H22ClN3O2/c1-22-11-10-19-8-3-5-16(15(19)21)6-9-20(12-16)14-13(17)4-2-7-18-14/h2,4,7H,3,5-6,8-12H2,1H3. The van der Waals surface area contributed by atoms with Crippen molar-refractivity contribution in [2.24, 2.45) is 5.41 Å². The van der Waals surface area contributed by atoms with Crippen LogP contribution in [0.15, 0.2) is 18.3 Å². The van der Waals surface area contributed by atoms with E-state index in [0.717, 1.165) is 38.2 Å². The van der Waals surface area contributed by atoms with Crippen LogP contribution in [0.3, 0.4) is 0 Å². The number of methoxy groups -OCH3 is 1. The lowest BCUT2D eigenvalue weighted by molar-refractivity contribution is -0.145. The molecule has 2 saturated heterocycles. The molecule has 0 saturated carbocycles. The summed E-state index contributed by atoms with van der Waals surface area (Å²) in [6, 6.07) is 3.68. The number of hydrogen-bond donors (Lipinski definition) is 0. The number of aromatic nitrogens is 1. The highest BCUT2D eigenvalue weighted by Gasteiger charge is 2.48. The van der Waals surface area contributed by atoms with Gasteiger partial charge in [0.2, 0.25) is 5.91 Å². The molecule has 3 heterocycles. The number of piperidine rings is 1. The van der Waals surface area contributed by atoms with Gasteiger partial charge in [0.1, 0.15) is 5.82 Å². The average molecular weight is 324 g/mol. The van der Waals surface area contributed by atoms with E-state index in [0.29, 0.717) is 24.7 Å². The summed E-state index contributed by atoms with van der Waals surface area (Å²) >= 11 is 6.25. The summed E-state index contributed by atoms with van der Waals surface area (Å²) in [5.41, 5.74) is -0.271. The van der Waals surface area contributed by atoms with Gasteiger partial charge in [-0.1, -0.05) is 11.6 Å². The number of rotatable bonds is 4. The first-order valence-corrected chi connectivity index (χ1v) is 8.18.